The van der Waals surface area contributed by atoms with Crippen molar-refractivity contribution < 1.29 is 9.59 Å². The van der Waals surface area contributed by atoms with E-state index in [9.17, 15) is 9.59 Å². The van der Waals surface area contributed by atoms with Crippen molar-refractivity contribution in [1.82, 2.24) is 15.5 Å². The number of nitrogens with zero attached hydrogens (tertiary/aromatic N) is 1. The van der Waals surface area contributed by atoms with Crippen LogP contribution in [0.25, 0.3) is 0 Å². The maximum absolute atomic E-state index is 12.3. The van der Waals surface area contributed by atoms with Crippen LogP contribution in [0.3, 0.4) is 0 Å². The summed E-state index contributed by atoms with van der Waals surface area (Å²) in [6.45, 7) is 2.05. The first-order valence-electron chi connectivity index (χ1n) is 8.07. The molecule has 5 nitrogen and oxygen atoms in total. The maximum atomic E-state index is 12.3. The Balaban J connectivity index is 1.55. The van der Waals surface area contributed by atoms with E-state index >= 15 is 0 Å². The quantitative estimate of drug-likeness (QED) is 0.887. The van der Waals surface area contributed by atoms with Crippen molar-refractivity contribution in [3.63, 3.8) is 0 Å². The molecule has 2 fully saturated rings. The lowest BCUT2D eigenvalue weighted by Gasteiger charge is -2.24. The Hall–Kier alpha value is -1.40. The van der Waals surface area contributed by atoms with Crippen LogP contribution in [-0.2, 0) is 9.59 Å². The van der Waals surface area contributed by atoms with Crippen molar-refractivity contribution >= 4 is 23.2 Å². The van der Waals surface area contributed by atoms with Crippen molar-refractivity contribution in [2.24, 2.45) is 0 Å². The van der Waals surface area contributed by atoms with Gasteiger partial charge in [0, 0.05) is 12.6 Å². The average Bonchev–Trinajstić information content (AvgIpc) is 3.12. The Morgan fingerprint density at radius 2 is 2.27 bits per heavy atom. The van der Waals surface area contributed by atoms with E-state index in [-0.39, 0.29) is 17.9 Å². The zero-order valence-electron chi connectivity index (χ0n) is 12.7. The van der Waals surface area contributed by atoms with Crippen LogP contribution in [0, 0.1) is 0 Å². The van der Waals surface area contributed by atoms with Crippen molar-refractivity contribution in [3.05, 3.63) is 22.4 Å². The third kappa shape index (κ3) is 3.67. The zero-order valence-corrected chi connectivity index (χ0v) is 13.5. The smallest absolute Gasteiger partial charge is 0.242 e. The molecule has 0 spiro atoms. The second-order valence-electron chi connectivity index (χ2n) is 6.09. The van der Waals surface area contributed by atoms with Crippen LogP contribution in [0.15, 0.2) is 16.8 Å². The molecule has 0 aliphatic carbocycles. The number of amides is 2. The number of nitrogens with one attached hydrogen (secondary N) is 2. The molecule has 2 aliphatic rings. The molecule has 0 aromatic carbocycles. The van der Waals surface area contributed by atoms with E-state index in [4.69, 9.17) is 0 Å². The molecule has 120 valence electrons. The second-order valence-corrected chi connectivity index (χ2v) is 6.87. The summed E-state index contributed by atoms with van der Waals surface area (Å²) in [6.07, 6.45) is 4.94. The molecule has 1 aromatic heterocycles. The molecule has 2 N–H and O–H groups in total. The van der Waals surface area contributed by atoms with Gasteiger partial charge in [-0.3, -0.25) is 14.5 Å². The molecule has 2 saturated heterocycles. The van der Waals surface area contributed by atoms with Gasteiger partial charge >= 0.3 is 0 Å². The fourth-order valence-electron chi connectivity index (χ4n) is 3.36. The van der Waals surface area contributed by atoms with E-state index in [0.717, 1.165) is 45.2 Å². The largest absolute Gasteiger partial charge is 0.354 e. The summed E-state index contributed by atoms with van der Waals surface area (Å²) in [4.78, 5) is 26.4. The third-order valence-electron chi connectivity index (χ3n) is 4.51. The number of carbonyl (C=O) groups excluding carboxylic acids is 2. The Labute approximate surface area is 135 Å². The first kappa shape index (κ1) is 15.5. The Morgan fingerprint density at radius 1 is 1.36 bits per heavy atom. The van der Waals surface area contributed by atoms with Gasteiger partial charge in [-0.05, 0) is 61.0 Å². The number of thiophene rings is 1. The molecule has 0 saturated carbocycles. The summed E-state index contributed by atoms with van der Waals surface area (Å²) in [5.41, 5.74) is 1.31. The minimum absolute atomic E-state index is 0.0378. The van der Waals surface area contributed by atoms with E-state index < -0.39 is 0 Å². The molecule has 3 rings (SSSR count). The molecule has 2 aliphatic heterocycles. The molecule has 0 radical (unpaired) electrons. The molecular formula is C16H23N3O2S. The standard InChI is InChI=1S/C16H23N3O2S/c20-15(18-13-4-1-2-7-17-16(13)21)10-19-8-3-5-14(19)12-6-9-22-11-12/h6,9,11,13-14H,1-5,7-8,10H2,(H,17,21)(H,18,20)/t13-,14-/m1/s1. The van der Waals surface area contributed by atoms with Gasteiger partial charge in [0.15, 0.2) is 0 Å². The highest BCUT2D eigenvalue weighted by atomic mass is 32.1. The monoisotopic (exact) mass is 321 g/mol. The summed E-state index contributed by atoms with van der Waals surface area (Å²) in [7, 11) is 0. The van der Waals surface area contributed by atoms with E-state index in [2.05, 4.69) is 32.4 Å². The van der Waals surface area contributed by atoms with Crippen LogP contribution in [0.1, 0.15) is 43.7 Å². The maximum Gasteiger partial charge on any atom is 0.242 e. The van der Waals surface area contributed by atoms with Gasteiger partial charge in [-0.2, -0.15) is 11.3 Å². The van der Waals surface area contributed by atoms with Gasteiger partial charge in [0.25, 0.3) is 0 Å². The molecule has 3 heterocycles. The number of likely N-dealkylation sites (tertiary alicyclic amines) is 1. The molecule has 2 amide bonds. The third-order valence-corrected chi connectivity index (χ3v) is 5.21. The molecule has 2 atom stereocenters. The fraction of sp³-hybridized carbons (Fsp3) is 0.625. The van der Waals surface area contributed by atoms with Gasteiger partial charge in [0.2, 0.25) is 11.8 Å². The van der Waals surface area contributed by atoms with Crippen molar-refractivity contribution in [2.45, 2.75) is 44.2 Å². The number of hydrogen-bond donors (Lipinski definition) is 2. The number of rotatable bonds is 4. The summed E-state index contributed by atoms with van der Waals surface area (Å²) < 4.78 is 0. The Bertz CT molecular complexity index is 517. The van der Waals surface area contributed by atoms with Gasteiger partial charge in [-0.1, -0.05) is 0 Å². The van der Waals surface area contributed by atoms with Crippen molar-refractivity contribution in [3.8, 4) is 0 Å². The first-order chi connectivity index (χ1) is 10.7. The van der Waals surface area contributed by atoms with Crippen molar-refractivity contribution in [2.75, 3.05) is 19.6 Å². The molecule has 0 unspecified atom stereocenters. The van der Waals surface area contributed by atoms with Crippen LogP contribution in [0.4, 0.5) is 0 Å². The van der Waals surface area contributed by atoms with Gasteiger partial charge in [0.1, 0.15) is 6.04 Å². The van der Waals surface area contributed by atoms with Crippen LogP contribution in [-0.4, -0.2) is 42.4 Å². The lowest BCUT2D eigenvalue weighted by atomic mass is 10.1. The van der Waals surface area contributed by atoms with E-state index in [1.54, 1.807) is 11.3 Å². The topological polar surface area (TPSA) is 61.4 Å². The van der Waals surface area contributed by atoms with Crippen LogP contribution < -0.4 is 10.6 Å². The molecule has 6 heteroatoms. The minimum atomic E-state index is -0.364. The molecule has 1 aromatic rings. The summed E-state index contributed by atoms with van der Waals surface area (Å²) in [5.74, 6) is -0.0779. The minimum Gasteiger partial charge on any atom is -0.354 e. The number of carbonyl (C=O) groups is 2. The number of hydrogen-bond acceptors (Lipinski definition) is 4. The van der Waals surface area contributed by atoms with Gasteiger partial charge in [-0.15, -0.1) is 0 Å². The normalized spacial score (nSPS) is 26.5. The summed E-state index contributed by atoms with van der Waals surface area (Å²) in [6, 6.07) is 2.13. The van der Waals surface area contributed by atoms with Crippen LogP contribution in [0.2, 0.25) is 0 Å². The van der Waals surface area contributed by atoms with E-state index in [0.29, 0.717) is 12.6 Å². The average molecular weight is 321 g/mol. The van der Waals surface area contributed by atoms with E-state index in [1.165, 1.54) is 5.56 Å². The summed E-state index contributed by atoms with van der Waals surface area (Å²) >= 11 is 1.70. The van der Waals surface area contributed by atoms with Gasteiger partial charge in [0.05, 0.1) is 6.54 Å². The Morgan fingerprint density at radius 3 is 3.09 bits per heavy atom. The lowest BCUT2D eigenvalue weighted by molar-refractivity contribution is -0.129. The molecular weight excluding hydrogens is 298 g/mol. The first-order valence-corrected chi connectivity index (χ1v) is 9.01. The molecule has 22 heavy (non-hydrogen) atoms. The molecule has 0 bridgehead atoms. The highest BCUT2D eigenvalue weighted by Crippen LogP contribution is 2.32. The highest BCUT2D eigenvalue weighted by molar-refractivity contribution is 7.07. The van der Waals surface area contributed by atoms with Crippen LogP contribution in [0.5, 0.6) is 0 Å². The van der Waals surface area contributed by atoms with Gasteiger partial charge < -0.3 is 10.6 Å². The second kappa shape index (κ2) is 7.24. The predicted molar refractivity (Wildman–Crippen MR) is 86.7 cm³/mol. The van der Waals surface area contributed by atoms with Crippen molar-refractivity contribution in [1.29, 1.82) is 0 Å². The van der Waals surface area contributed by atoms with E-state index in [1.807, 2.05) is 0 Å². The predicted octanol–water partition coefficient (Wildman–Crippen LogP) is 1.67. The van der Waals surface area contributed by atoms with Crippen LogP contribution >= 0.6 is 11.3 Å². The zero-order chi connectivity index (χ0) is 15.4. The Kier molecular flexibility index (Phi) is 5.10. The van der Waals surface area contributed by atoms with Gasteiger partial charge in [-0.25, -0.2) is 0 Å². The summed E-state index contributed by atoms with van der Waals surface area (Å²) in [5, 5.41) is 10.0. The fourth-order valence-corrected chi connectivity index (χ4v) is 4.07. The lowest BCUT2D eigenvalue weighted by Crippen LogP contribution is -2.48. The SMILES string of the molecule is O=C(CN1CCC[C@@H]1c1ccsc1)N[C@@H]1CCCCNC1=O. The highest BCUT2D eigenvalue weighted by Gasteiger charge is 2.29.